The van der Waals surface area contributed by atoms with E-state index >= 15 is 0 Å². The van der Waals surface area contributed by atoms with E-state index in [9.17, 15) is 14.7 Å². The third kappa shape index (κ3) is 7.83. The maximum atomic E-state index is 9.53. The Morgan fingerprint density at radius 1 is 1.03 bits per heavy atom. The summed E-state index contributed by atoms with van der Waals surface area (Å²) in [7, 11) is 0. The highest BCUT2D eigenvalue weighted by atomic mass is 35.5. The number of morpholine rings is 1. The van der Waals surface area contributed by atoms with Crippen molar-refractivity contribution in [1.29, 1.82) is 0 Å². The zero-order valence-electron chi connectivity index (χ0n) is 18.4. The first-order chi connectivity index (χ1) is 16.4. The number of piperazine rings is 1. The van der Waals surface area contributed by atoms with Crippen LogP contribution in [0.2, 0.25) is 5.02 Å². The summed E-state index contributed by atoms with van der Waals surface area (Å²) in [5, 5.41) is 23.4. The van der Waals surface area contributed by atoms with Crippen LogP contribution in [0.3, 0.4) is 0 Å². The number of carboxylic acids is 2. The maximum Gasteiger partial charge on any atom is 0.328 e. The molecule has 2 saturated heterocycles. The number of carbonyl (C=O) groups excluding carboxylic acids is 1. The fourth-order valence-electron chi connectivity index (χ4n) is 3.23. The van der Waals surface area contributed by atoms with Gasteiger partial charge in [0.2, 0.25) is 17.8 Å². The molecule has 1 aromatic carbocycles. The Labute approximate surface area is 201 Å². The number of hydrogen-bond acceptors (Lipinski definition) is 10. The molecule has 3 heterocycles. The summed E-state index contributed by atoms with van der Waals surface area (Å²) >= 11 is 6.28. The molecule has 0 unspecified atom stereocenters. The van der Waals surface area contributed by atoms with Gasteiger partial charge < -0.3 is 40.2 Å². The molecule has 2 aromatic rings. The monoisotopic (exact) mass is 491 g/mol. The average molecular weight is 492 g/mol. The molecule has 0 spiro atoms. The number of carboxylic acid groups (broad SMARTS) is 2. The number of halogens is 1. The molecule has 0 radical (unpaired) electrons. The van der Waals surface area contributed by atoms with Gasteiger partial charge in [-0.2, -0.15) is 15.0 Å². The Balaban J connectivity index is 0.000000350. The van der Waals surface area contributed by atoms with E-state index in [-0.39, 0.29) is 0 Å². The number of nitrogens with one attached hydrogen (secondary N) is 1. The van der Waals surface area contributed by atoms with E-state index in [1.165, 1.54) is 0 Å². The van der Waals surface area contributed by atoms with Crippen LogP contribution in [0.25, 0.3) is 0 Å². The topological polar surface area (TPSA) is 160 Å². The smallest absolute Gasteiger partial charge is 0.328 e. The molecule has 0 bridgehead atoms. The molecule has 0 saturated carbocycles. The number of aromatic nitrogens is 3. The predicted octanol–water partition coefficient (Wildman–Crippen LogP) is -1.13. The highest BCUT2D eigenvalue weighted by molar-refractivity contribution is 6.33. The SMILES string of the molecule is Clc1ccccc1Nc1nc(N2CC[NH2+]CC2)nc(N2CCOCC2)n1.O=C([O-])/C=C/C(=O)O. The van der Waals surface area contributed by atoms with Gasteiger partial charge in [0.15, 0.2) is 0 Å². The van der Waals surface area contributed by atoms with Crippen molar-refractivity contribution >= 4 is 47.1 Å². The van der Waals surface area contributed by atoms with E-state index in [2.05, 4.69) is 30.4 Å². The third-order valence-corrected chi connectivity index (χ3v) is 5.21. The number of carbonyl (C=O) groups is 2. The van der Waals surface area contributed by atoms with E-state index in [0.717, 1.165) is 45.0 Å². The number of para-hydroxylation sites is 1. The van der Waals surface area contributed by atoms with E-state index < -0.39 is 11.9 Å². The molecule has 4 rings (SSSR count). The number of aliphatic carboxylic acids is 2. The van der Waals surface area contributed by atoms with Gasteiger partial charge in [-0.05, 0) is 18.2 Å². The molecule has 0 amide bonds. The van der Waals surface area contributed by atoms with Gasteiger partial charge in [0.1, 0.15) is 0 Å². The van der Waals surface area contributed by atoms with Crippen LogP contribution in [0.15, 0.2) is 36.4 Å². The number of rotatable bonds is 6. The van der Waals surface area contributed by atoms with E-state index in [1.807, 2.05) is 24.3 Å². The first-order valence-electron chi connectivity index (χ1n) is 10.7. The highest BCUT2D eigenvalue weighted by Gasteiger charge is 2.21. The molecule has 182 valence electrons. The number of nitrogens with two attached hydrogens (primary N) is 1. The Bertz CT molecular complexity index is 959. The molecule has 2 aliphatic rings. The van der Waals surface area contributed by atoms with Crippen molar-refractivity contribution in [2.45, 2.75) is 0 Å². The predicted molar refractivity (Wildman–Crippen MR) is 123 cm³/mol. The number of ether oxygens (including phenoxy) is 1. The summed E-state index contributed by atoms with van der Waals surface area (Å²) in [6, 6.07) is 7.58. The second-order valence-corrected chi connectivity index (χ2v) is 7.71. The minimum atomic E-state index is -1.51. The molecular weight excluding hydrogens is 466 g/mol. The van der Waals surface area contributed by atoms with Crippen LogP contribution < -0.4 is 25.5 Å². The maximum absolute atomic E-state index is 9.53. The molecule has 12 nitrogen and oxygen atoms in total. The minimum Gasteiger partial charge on any atom is -0.545 e. The van der Waals surface area contributed by atoms with Crippen molar-refractivity contribution in [3.63, 3.8) is 0 Å². The summed E-state index contributed by atoms with van der Waals surface area (Å²) in [4.78, 5) is 37.3. The summed E-state index contributed by atoms with van der Waals surface area (Å²) in [5.41, 5.74) is 0.784. The lowest BCUT2D eigenvalue weighted by Crippen LogP contribution is -2.89. The molecular formula is C21H26ClN7O5. The van der Waals surface area contributed by atoms with Crippen LogP contribution in [0, 0.1) is 0 Å². The fraction of sp³-hybridized carbons (Fsp3) is 0.381. The summed E-state index contributed by atoms with van der Waals surface area (Å²) in [6.07, 6.45) is 0.942. The molecule has 0 aliphatic carbocycles. The molecule has 34 heavy (non-hydrogen) atoms. The van der Waals surface area contributed by atoms with Crippen molar-refractivity contribution in [1.82, 2.24) is 15.0 Å². The second-order valence-electron chi connectivity index (χ2n) is 7.31. The lowest BCUT2D eigenvalue weighted by atomic mass is 10.3. The zero-order chi connectivity index (χ0) is 24.3. The second kappa shape index (κ2) is 12.7. The van der Waals surface area contributed by atoms with E-state index in [1.54, 1.807) is 0 Å². The summed E-state index contributed by atoms with van der Waals surface area (Å²) in [5.74, 6) is -0.896. The number of nitrogens with zero attached hydrogens (tertiary/aromatic N) is 5. The Morgan fingerprint density at radius 3 is 2.21 bits per heavy atom. The third-order valence-electron chi connectivity index (χ3n) is 4.88. The number of anilines is 4. The van der Waals surface area contributed by atoms with Crippen molar-refractivity contribution in [3.8, 4) is 0 Å². The first-order valence-corrected chi connectivity index (χ1v) is 11.1. The Kier molecular flexibility index (Phi) is 9.38. The molecule has 1 aromatic heterocycles. The fourth-order valence-corrected chi connectivity index (χ4v) is 3.41. The molecule has 0 atom stereocenters. The Hall–Kier alpha value is -3.48. The van der Waals surface area contributed by atoms with E-state index in [4.69, 9.17) is 26.4 Å². The lowest BCUT2D eigenvalue weighted by Gasteiger charge is -2.29. The van der Waals surface area contributed by atoms with Gasteiger partial charge in [-0.25, -0.2) is 4.79 Å². The van der Waals surface area contributed by atoms with Crippen LogP contribution in [0.5, 0.6) is 0 Å². The number of benzene rings is 1. The van der Waals surface area contributed by atoms with Gasteiger partial charge in [-0.1, -0.05) is 23.7 Å². The standard InChI is InChI=1S/C17H22ClN7O.C4H4O4/c18-13-3-1-2-4-14(13)20-15-21-16(24-7-5-19-6-8-24)23-17(22-15)25-9-11-26-12-10-25;5-3(6)1-2-4(7)8/h1-4,19H,5-12H2,(H,20,21,22,23);1-2H,(H,5,6)(H,7,8)/b;2-1+. The Morgan fingerprint density at radius 2 is 1.65 bits per heavy atom. The van der Waals surface area contributed by atoms with Gasteiger partial charge >= 0.3 is 5.97 Å². The lowest BCUT2D eigenvalue weighted by molar-refractivity contribution is -0.655. The van der Waals surface area contributed by atoms with Crippen molar-refractivity contribution < 1.29 is 29.9 Å². The van der Waals surface area contributed by atoms with Gasteiger partial charge in [0.05, 0.1) is 56.1 Å². The van der Waals surface area contributed by atoms with Crippen LogP contribution in [0.4, 0.5) is 23.5 Å². The normalized spacial score (nSPS) is 16.0. The zero-order valence-corrected chi connectivity index (χ0v) is 19.1. The van der Waals surface area contributed by atoms with Crippen LogP contribution in [0.1, 0.15) is 0 Å². The van der Waals surface area contributed by atoms with Crippen LogP contribution >= 0.6 is 11.6 Å². The van der Waals surface area contributed by atoms with E-state index in [0.29, 0.717) is 48.2 Å². The molecule has 13 heteroatoms. The van der Waals surface area contributed by atoms with Crippen LogP contribution in [-0.2, 0) is 14.3 Å². The van der Waals surface area contributed by atoms with Gasteiger partial charge in [-0.15, -0.1) is 0 Å². The van der Waals surface area contributed by atoms with Crippen molar-refractivity contribution in [3.05, 3.63) is 41.4 Å². The van der Waals surface area contributed by atoms with Gasteiger partial charge in [0, 0.05) is 19.2 Å². The number of quaternary nitrogens is 1. The molecule has 2 fully saturated rings. The van der Waals surface area contributed by atoms with Crippen LogP contribution in [-0.4, -0.2) is 84.5 Å². The summed E-state index contributed by atoms with van der Waals surface area (Å²) in [6.45, 7) is 6.89. The van der Waals surface area contributed by atoms with Gasteiger partial charge in [0.25, 0.3) is 0 Å². The quantitative estimate of drug-likeness (QED) is 0.419. The van der Waals surface area contributed by atoms with Crippen molar-refractivity contribution in [2.75, 3.05) is 67.6 Å². The van der Waals surface area contributed by atoms with Gasteiger partial charge in [-0.3, -0.25) is 0 Å². The molecule has 4 N–H and O–H groups in total. The molecule has 2 aliphatic heterocycles. The van der Waals surface area contributed by atoms with Crippen molar-refractivity contribution in [2.24, 2.45) is 0 Å². The first kappa shape index (κ1) is 25.1. The summed E-state index contributed by atoms with van der Waals surface area (Å²) < 4.78 is 5.45. The number of hydrogen-bond donors (Lipinski definition) is 3. The highest BCUT2D eigenvalue weighted by Crippen LogP contribution is 2.25. The largest absolute Gasteiger partial charge is 0.545 e. The minimum absolute atomic E-state index is 0.447. The average Bonchev–Trinajstić information content (AvgIpc) is 2.85.